The van der Waals surface area contributed by atoms with Gasteiger partial charge >= 0.3 is 0 Å². The maximum absolute atomic E-state index is 14.3. The zero-order valence-corrected chi connectivity index (χ0v) is 17.0. The molecule has 2 saturated heterocycles. The summed E-state index contributed by atoms with van der Waals surface area (Å²) in [6.07, 6.45) is -1.32. The largest absolute Gasteiger partial charge is 0.493 e. The Kier molecular flexibility index (Phi) is 4.53. The quantitative estimate of drug-likeness (QED) is 0.633. The van der Waals surface area contributed by atoms with Gasteiger partial charge in [-0.15, -0.1) is 0 Å². The minimum atomic E-state index is -0.646. The number of benzene rings is 1. The average Bonchev–Trinajstić information content (AvgIpc) is 3.50. The van der Waals surface area contributed by atoms with E-state index in [1.807, 2.05) is 0 Å². The van der Waals surface area contributed by atoms with Crippen LogP contribution in [0.3, 0.4) is 0 Å². The summed E-state index contributed by atoms with van der Waals surface area (Å²) >= 11 is 6.46. The number of imidazole rings is 1. The maximum Gasteiger partial charge on any atom is 0.296 e. The Hall–Kier alpha value is -2.46. The molecule has 6 rings (SSSR count). The lowest BCUT2D eigenvalue weighted by molar-refractivity contribution is 0.00706. The Labute approximate surface area is 181 Å². The Morgan fingerprint density at radius 3 is 2.97 bits per heavy atom. The van der Waals surface area contributed by atoms with E-state index in [2.05, 4.69) is 15.0 Å². The van der Waals surface area contributed by atoms with E-state index in [1.54, 1.807) is 18.2 Å². The maximum atomic E-state index is 14.3. The van der Waals surface area contributed by atoms with Crippen LogP contribution >= 0.6 is 11.6 Å². The Bertz CT molecular complexity index is 1160. The molecule has 1 aromatic carbocycles. The molecule has 5 atom stereocenters. The molecule has 0 bridgehead atoms. The molecule has 2 fully saturated rings. The van der Waals surface area contributed by atoms with Gasteiger partial charge in [-0.25, -0.2) is 9.37 Å². The van der Waals surface area contributed by atoms with E-state index in [-0.39, 0.29) is 42.7 Å². The van der Waals surface area contributed by atoms with Crippen LogP contribution in [0.1, 0.15) is 17.2 Å². The van der Waals surface area contributed by atoms with Gasteiger partial charge in [0.1, 0.15) is 29.9 Å². The van der Waals surface area contributed by atoms with Crippen molar-refractivity contribution >= 4 is 22.8 Å². The van der Waals surface area contributed by atoms with Crippen LogP contribution in [0, 0.1) is 5.82 Å². The molecule has 3 aliphatic heterocycles. The number of rotatable bonds is 4. The number of pyridine rings is 1. The highest BCUT2D eigenvalue weighted by molar-refractivity contribution is 6.31. The molecule has 31 heavy (non-hydrogen) atoms. The smallest absolute Gasteiger partial charge is 0.296 e. The number of halogens is 2. The summed E-state index contributed by atoms with van der Waals surface area (Å²) in [5.74, 6) is 0.102. The number of ether oxygens (including phenoxy) is 4. The van der Waals surface area contributed by atoms with Gasteiger partial charge in [0, 0.05) is 17.9 Å². The van der Waals surface area contributed by atoms with Crippen LogP contribution < -0.4 is 9.47 Å². The number of H-pyrrole nitrogens is 1. The molecule has 0 radical (unpaired) electrons. The van der Waals surface area contributed by atoms with Crippen molar-refractivity contribution in [3.05, 3.63) is 46.4 Å². The lowest BCUT2D eigenvalue weighted by atomic mass is 9.95. The van der Waals surface area contributed by atoms with Gasteiger partial charge in [0.15, 0.2) is 11.8 Å². The number of fused-ring (bicyclic) bond motifs is 3. The van der Waals surface area contributed by atoms with Gasteiger partial charge in [0.2, 0.25) is 0 Å². The van der Waals surface area contributed by atoms with Crippen molar-refractivity contribution < 1.29 is 28.4 Å². The normalized spacial score (nSPS) is 29.2. The molecular weight excluding hydrogens is 429 g/mol. The third kappa shape index (κ3) is 3.23. The third-order valence-corrected chi connectivity index (χ3v) is 6.35. The minimum Gasteiger partial charge on any atom is -0.493 e. The fraction of sp³-hybridized carbons (Fsp3) is 0.429. The van der Waals surface area contributed by atoms with Crippen molar-refractivity contribution in [2.24, 2.45) is 0 Å². The predicted octanol–water partition coefficient (Wildman–Crippen LogP) is 2.37. The number of aromatic nitrogens is 3. The van der Waals surface area contributed by atoms with E-state index in [4.69, 9.17) is 30.5 Å². The molecule has 2 aromatic heterocycles. The van der Waals surface area contributed by atoms with Gasteiger partial charge in [-0.3, -0.25) is 0 Å². The first kappa shape index (κ1) is 19.2. The Morgan fingerprint density at radius 2 is 2.06 bits per heavy atom. The zero-order chi connectivity index (χ0) is 21.1. The molecular formula is C21H19ClFN3O5. The minimum absolute atomic E-state index is 0.174. The summed E-state index contributed by atoms with van der Waals surface area (Å²) in [5.41, 5.74) is 2.25. The highest BCUT2D eigenvalue weighted by Gasteiger charge is 2.48. The predicted molar refractivity (Wildman–Crippen MR) is 107 cm³/mol. The fourth-order valence-electron chi connectivity index (χ4n) is 4.53. The molecule has 0 aliphatic carbocycles. The van der Waals surface area contributed by atoms with Crippen molar-refractivity contribution in [2.45, 2.75) is 36.8 Å². The Balaban J connectivity index is 1.24. The highest BCUT2D eigenvalue weighted by atomic mass is 35.5. The van der Waals surface area contributed by atoms with Crippen LogP contribution in [-0.2, 0) is 15.9 Å². The molecule has 3 aromatic rings. The lowest BCUT2D eigenvalue weighted by Gasteiger charge is -2.15. The van der Waals surface area contributed by atoms with Crippen molar-refractivity contribution in [3.63, 3.8) is 0 Å². The average molecular weight is 448 g/mol. The fourth-order valence-corrected chi connectivity index (χ4v) is 4.76. The van der Waals surface area contributed by atoms with Gasteiger partial charge in [0.25, 0.3) is 6.01 Å². The van der Waals surface area contributed by atoms with Crippen molar-refractivity contribution in [2.75, 3.05) is 19.8 Å². The monoisotopic (exact) mass is 447 g/mol. The topological polar surface area (TPSA) is 98.7 Å². The molecule has 1 unspecified atom stereocenters. The van der Waals surface area contributed by atoms with Crippen molar-refractivity contribution in [3.8, 4) is 11.8 Å². The molecule has 0 amide bonds. The van der Waals surface area contributed by atoms with Crippen LogP contribution in [0.4, 0.5) is 4.39 Å². The van der Waals surface area contributed by atoms with Gasteiger partial charge in [0.05, 0.1) is 36.1 Å². The molecule has 3 aliphatic rings. The van der Waals surface area contributed by atoms with Crippen LogP contribution in [0.15, 0.2) is 24.3 Å². The molecule has 162 valence electrons. The van der Waals surface area contributed by atoms with E-state index in [0.717, 1.165) is 0 Å². The second kappa shape index (κ2) is 7.30. The Morgan fingerprint density at radius 1 is 1.19 bits per heavy atom. The first-order valence-corrected chi connectivity index (χ1v) is 10.5. The molecule has 10 heteroatoms. The summed E-state index contributed by atoms with van der Waals surface area (Å²) in [5, 5.41) is 10.3. The second-order valence-electron chi connectivity index (χ2n) is 8.01. The molecule has 0 spiro atoms. The standard InChI is InChI=1S/C21H19ClFN3O5/c22-10-5-13-20(24-12(10)4-9-6-28-15-3-1-2-11(23)17(9)15)26-21(25-13)31-16-8-30-18-14(27)7-29-19(16)18/h1-3,5,9,14,16,18-19,27H,4,6-8H2,(H,24,25,26)/t9?,14-,16-,18-,19-/m1/s1. The van der Waals surface area contributed by atoms with Crippen LogP contribution in [0.5, 0.6) is 11.8 Å². The molecule has 2 N–H and O–H groups in total. The number of aliphatic hydroxyl groups is 1. The second-order valence-corrected chi connectivity index (χ2v) is 8.42. The number of hydrogen-bond donors (Lipinski definition) is 2. The zero-order valence-electron chi connectivity index (χ0n) is 16.3. The van der Waals surface area contributed by atoms with Crippen LogP contribution in [0.25, 0.3) is 11.2 Å². The van der Waals surface area contributed by atoms with E-state index in [9.17, 15) is 9.50 Å². The number of aromatic amines is 1. The van der Waals surface area contributed by atoms with Crippen molar-refractivity contribution in [1.29, 1.82) is 0 Å². The summed E-state index contributed by atoms with van der Waals surface area (Å²) in [7, 11) is 0. The number of hydrogen-bond acceptors (Lipinski definition) is 7. The molecule has 5 heterocycles. The summed E-state index contributed by atoms with van der Waals surface area (Å²) in [4.78, 5) is 12.1. The summed E-state index contributed by atoms with van der Waals surface area (Å²) < 4.78 is 37.0. The van der Waals surface area contributed by atoms with Gasteiger partial charge in [-0.1, -0.05) is 17.7 Å². The lowest BCUT2D eigenvalue weighted by Crippen LogP contribution is -2.34. The highest BCUT2D eigenvalue weighted by Crippen LogP contribution is 2.38. The number of aliphatic hydroxyl groups excluding tert-OH is 1. The van der Waals surface area contributed by atoms with Crippen LogP contribution in [-0.4, -0.2) is 64.3 Å². The third-order valence-electron chi connectivity index (χ3n) is 6.02. The SMILES string of the molecule is O[C@@H]1CO[C@H]2[C@@H]1OC[C@H]2Oc1nc2nc(CC3COc4cccc(F)c43)c(Cl)cc2[nH]1. The van der Waals surface area contributed by atoms with Crippen molar-refractivity contribution in [1.82, 2.24) is 15.0 Å². The first-order chi connectivity index (χ1) is 15.1. The van der Waals surface area contributed by atoms with Crippen LogP contribution in [0.2, 0.25) is 5.02 Å². The van der Waals surface area contributed by atoms with Gasteiger partial charge < -0.3 is 29.0 Å². The number of nitrogens with one attached hydrogen (secondary N) is 1. The van der Waals surface area contributed by atoms with E-state index >= 15 is 0 Å². The first-order valence-electron chi connectivity index (χ1n) is 10.1. The summed E-state index contributed by atoms with van der Waals surface area (Å²) in [6.45, 7) is 0.900. The molecule has 8 nitrogen and oxygen atoms in total. The van der Waals surface area contributed by atoms with E-state index in [0.29, 0.717) is 52.8 Å². The van der Waals surface area contributed by atoms with Gasteiger partial charge in [-0.05, 0) is 18.2 Å². The van der Waals surface area contributed by atoms with E-state index < -0.39 is 6.10 Å². The number of nitrogens with zero attached hydrogens (tertiary/aromatic N) is 2. The molecule has 0 saturated carbocycles. The summed E-state index contributed by atoms with van der Waals surface area (Å²) in [6, 6.07) is 6.84. The van der Waals surface area contributed by atoms with E-state index in [1.165, 1.54) is 6.07 Å². The van der Waals surface area contributed by atoms with Gasteiger partial charge in [-0.2, -0.15) is 4.98 Å².